The summed E-state index contributed by atoms with van der Waals surface area (Å²) in [5.74, 6) is 0. The van der Waals surface area contributed by atoms with Crippen LogP contribution in [0.15, 0.2) is 29.2 Å². The van der Waals surface area contributed by atoms with Crippen molar-refractivity contribution >= 4 is 12.0 Å². The molecular weight excluding hydrogens is 212 g/mol. The molecule has 0 aliphatic carbocycles. The van der Waals surface area contributed by atoms with Crippen molar-refractivity contribution in [3.8, 4) is 0 Å². The van der Waals surface area contributed by atoms with E-state index in [1.165, 1.54) is 5.06 Å². The number of rotatable bonds is 5. The summed E-state index contributed by atoms with van der Waals surface area (Å²) in [4.78, 5) is 5.77. The van der Waals surface area contributed by atoms with Crippen LogP contribution in [0.25, 0.3) is 0 Å². The summed E-state index contributed by atoms with van der Waals surface area (Å²) in [6, 6.07) is 7.91. The summed E-state index contributed by atoms with van der Waals surface area (Å²) in [5, 5.41) is 1.48. The van der Waals surface area contributed by atoms with Crippen LogP contribution in [-0.2, 0) is 9.32 Å². The standard InChI is InChI=1S/C10H16N2O2S/c1-8(11)9-4-6-10(7-5-9)15-14-13-12(2)3/h4-8H,11H2,1-3H3/t8-/m0/s1. The van der Waals surface area contributed by atoms with Crippen molar-refractivity contribution in [2.24, 2.45) is 5.73 Å². The highest BCUT2D eigenvalue weighted by molar-refractivity contribution is 7.94. The maximum atomic E-state index is 5.73. The Bertz CT molecular complexity index is 288. The molecule has 0 aliphatic rings. The van der Waals surface area contributed by atoms with Crippen LogP contribution in [0, 0.1) is 0 Å². The van der Waals surface area contributed by atoms with Gasteiger partial charge in [0.2, 0.25) is 0 Å². The lowest BCUT2D eigenvalue weighted by molar-refractivity contribution is -0.340. The van der Waals surface area contributed by atoms with Crippen LogP contribution in [0.3, 0.4) is 0 Å². The Morgan fingerprint density at radius 1 is 1.27 bits per heavy atom. The second-order valence-electron chi connectivity index (χ2n) is 3.40. The molecule has 0 saturated heterocycles. The third kappa shape index (κ3) is 4.63. The first-order valence-electron chi connectivity index (χ1n) is 4.64. The van der Waals surface area contributed by atoms with Gasteiger partial charge in [-0.25, -0.2) is 0 Å². The summed E-state index contributed by atoms with van der Waals surface area (Å²) in [7, 11) is 3.50. The Labute approximate surface area is 94.4 Å². The van der Waals surface area contributed by atoms with E-state index in [2.05, 4.69) is 0 Å². The van der Waals surface area contributed by atoms with Gasteiger partial charge in [0, 0.05) is 25.0 Å². The number of benzene rings is 1. The molecule has 0 saturated carbocycles. The number of hydroxylamine groups is 2. The zero-order valence-corrected chi connectivity index (χ0v) is 9.95. The Hall–Kier alpha value is -0.590. The van der Waals surface area contributed by atoms with Crippen LogP contribution >= 0.6 is 12.0 Å². The molecular formula is C10H16N2O2S. The molecule has 1 rings (SSSR count). The minimum atomic E-state index is 0.0583. The first kappa shape index (κ1) is 12.5. The van der Waals surface area contributed by atoms with Gasteiger partial charge < -0.3 is 5.73 Å². The molecule has 1 aromatic rings. The van der Waals surface area contributed by atoms with E-state index >= 15 is 0 Å². The Kier molecular flexibility index (Phi) is 5.07. The number of nitrogens with zero attached hydrogens (tertiary/aromatic N) is 1. The van der Waals surface area contributed by atoms with Crippen LogP contribution in [0.2, 0.25) is 0 Å². The van der Waals surface area contributed by atoms with Gasteiger partial charge in [-0.05, 0) is 24.6 Å². The van der Waals surface area contributed by atoms with E-state index in [1.807, 2.05) is 31.2 Å². The smallest absolute Gasteiger partial charge is 0.0702 e. The van der Waals surface area contributed by atoms with Crippen LogP contribution in [0.5, 0.6) is 0 Å². The fourth-order valence-electron chi connectivity index (χ4n) is 0.942. The van der Waals surface area contributed by atoms with Crippen LogP contribution < -0.4 is 5.73 Å². The van der Waals surface area contributed by atoms with Crippen LogP contribution in [0.4, 0.5) is 0 Å². The number of nitrogens with two attached hydrogens (primary N) is 1. The molecule has 4 nitrogen and oxygen atoms in total. The molecule has 0 unspecified atom stereocenters. The Morgan fingerprint density at radius 3 is 2.33 bits per heavy atom. The maximum absolute atomic E-state index is 5.73. The lowest BCUT2D eigenvalue weighted by atomic mass is 10.1. The van der Waals surface area contributed by atoms with Gasteiger partial charge in [0.1, 0.15) is 0 Å². The van der Waals surface area contributed by atoms with Gasteiger partial charge in [-0.1, -0.05) is 12.1 Å². The number of hydrogen-bond acceptors (Lipinski definition) is 5. The zero-order chi connectivity index (χ0) is 11.3. The average molecular weight is 228 g/mol. The van der Waals surface area contributed by atoms with E-state index in [0.29, 0.717) is 0 Å². The molecule has 5 heteroatoms. The van der Waals surface area contributed by atoms with E-state index in [4.69, 9.17) is 15.1 Å². The molecule has 0 fully saturated rings. The second kappa shape index (κ2) is 6.09. The van der Waals surface area contributed by atoms with Gasteiger partial charge in [0.25, 0.3) is 0 Å². The highest BCUT2D eigenvalue weighted by Crippen LogP contribution is 2.21. The topological polar surface area (TPSA) is 47.7 Å². The summed E-state index contributed by atoms with van der Waals surface area (Å²) in [6.07, 6.45) is 0. The van der Waals surface area contributed by atoms with E-state index in [1.54, 1.807) is 14.1 Å². The largest absolute Gasteiger partial charge is 0.324 e. The molecule has 1 atom stereocenters. The first-order chi connectivity index (χ1) is 7.09. The van der Waals surface area contributed by atoms with E-state index in [9.17, 15) is 0 Å². The molecule has 15 heavy (non-hydrogen) atoms. The minimum Gasteiger partial charge on any atom is -0.324 e. The van der Waals surface area contributed by atoms with Gasteiger partial charge in [0.15, 0.2) is 0 Å². The van der Waals surface area contributed by atoms with Gasteiger partial charge >= 0.3 is 0 Å². The Morgan fingerprint density at radius 2 is 1.87 bits per heavy atom. The molecule has 0 radical (unpaired) electrons. The fourth-order valence-corrected chi connectivity index (χ4v) is 1.42. The van der Waals surface area contributed by atoms with Crippen molar-refractivity contribution < 1.29 is 9.32 Å². The monoisotopic (exact) mass is 228 g/mol. The van der Waals surface area contributed by atoms with Gasteiger partial charge in [0.05, 0.1) is 12.0 Å². The molecule has 0 amide bonds. The summed E-state index contributed by atoms with van der Waals surface area (Å²) >= 11 is 1.16. The van der Waals surface area contributed by atoms with E-state index in [-0.39, 0.29) is 6.04 Å². The summed E-state index contributed by atoms with van der Waals surface area (Å²) in [6.45, 7) is 1.95. The van der Waals surface area contributed by atoms with Crippen molar-refractivity contribution in [1.29, 1.82) is 0 Å². The molecule has 0 aromatic heterocycles. The third-order valence-electron chi connectivity index (χ3n) is 1.72. The normalized spacial score (nSPS) is 13.1. The van der Waals surface area contributed by atoms with Crippen LogP contribution in [-0.4, -0.2) is 19.2 Å². The van der Waals surface area contributed by atoms with E-state index < -0.39 is 0 Å². The summed E-state index contributed by atoms with van der Waals surface area (Å²) in [5.41, 5.74) is 6.84. The summed E-state index contributed by atoms with van der Waals surface area (Å²) < 4.78 is 4.89. The second-order valence-corrected chi connectivity index (χ2v) is 4.17. The highest BCUT2D eigenvalue weighted by atomic mass is 32.2. The lowest BCUT2D eigenvalue weighted by Gasteiger charge is -2.08. The number of hydrogen-bond donors (Lipinski definition) is 1. The quantitative estimate of drug-likeness (QED) is 0.475. The molecule has 0 heterocycles. The van der Waals surface area contributed by atoms with Crippen LogP contribution in [0.1, 0.15) is 18.5 Å². The molecule has 0 bridgehead atoms. The first-order valence-corrected chi connectivity index (χ1v) is 5.38. The van der Waals surface area contributed by atoms with Gasteiger partial charge in [-0.3, -0.25) is 0 Å². The van der Waals surface area contributed by atoms with Gasteiger partial charge in [-0.2, -0.15) is 5.06 Å². The zero-order valence-electron chi connectivity index (χ0n) is 9.14. The Balaban J connectivity index is 2.43. The lowest BCUT2D eigenvalue weighted by Crippen LogP contribution is -2.10. The van der Waals surface area contributed by atoms with Crippen molar-refractivity contribution in [2.75, 3.05) is 14.1 Å². The SMILES string of the molecule is C[C@H](N)c1ccc(SOON(C)C)cc1. The molecule has 1 aromatic carbocycles. The third-order valence-corrected chi connectivity index (χ3v) is 2.31. The molecule has 84 valence electrons. The van der Waals surface area contributed by atoms with Crippen molar-refractivity contribution in [3.05, 3.63) is 29.8 Å². The predicted molar refractivity (Wildman–Crippen MR) is 60.8 cm³/mol. The fraction of sp³-hybridized carbons (Fsp3) is 0.400. The molecule has 2 N–H and O–H groups in total. The minimum absolute atomic E-state index is 0.0583. The van der Waals surface area contributed by atoms with E-state index in [0.717, 1.165) is 22.5 Å². The van der Waals surface area contributed by atoms with Crippen molar-refractivity contribution in [1.82, 2.24) is 5.06 Å². The average Bonchev–Trinajstić information content (AvgIpc) is 2.18. The predicted octanol–water partition coefficient (Wildman–Crippen LogP) is 2.14. The molecule has 0 aliphatic heterocycles. The van der Waals surface area contributed by atoms with Gasteiger partial charge in [-0.15, -0.1) is 9.32 Å². The highest BCUT2D eigenvalue weighted by Gasteiger charge is 2.00. The van der Waals surface area contributed by atoms with Crippen molar-refractivity contribution in [2.45, 2.75) is 17.9 Å². The maximum Gasteiger partial charge on any atom is 0.0702 e. The molecule has 0 spiro atoms. The van der Waals surface area contributed by atoms with Crippen molar-refractivity contribution in [3.63, 3.8) is 0 Å².